The Morgan fingerprint density at radius 1 is 1.18 bits per heavy atom. The van der Waals surface area contributed by atoms with Crippen LogP contribution in [0.4, 0.5) is 5.13 Å². The van der Waals surface area contributed by atoms with E-state index in [9.17, 15) is 13.2 Å². The fourth-order valence-corrected chi connectivity index (χ4v) is 6.66. The number of carbonyl (C=O) groups excluding carboxylic acids is 1. The van der Waals surface area contributed by atoms with Crippen molar-refractivity contribution < 1.29 is 13.2 Å². The SMILES string of the molecule is Cc1ccc(S(=O)(=O)CCc2nnc(NC(=O)C[C@H]3C[C@@H]4CC[C@H]3C4)s2)cc1. The van der Waals surface area contributed by atoms with Crippen molar-refractivity contribution in [2.24, 2.45) is 17.8 Å². The van der Waals surface area contributed by atoms with Crippen molar-refractivity contribution in [2.45, 2.75) is 50.3 Å². The lowest BCUT2D eigenvalue weighted by Crippen LogP contribution is -2.20. The van der Waals surface area contributed by atoms with E-state index >= 15 is 0 Å². The molecule has 1 heterocycles. The van der Waals surface area contributed by atoms with E-state index in [-0.39, 0.29) is 18.1 Å². The lowest BCUT2D eigenvalue weighted by atomic mass is 9.86. The fraction of sp³-hybridized carbons (Fsp3) is 0.550. The molecule has 6 nitrogen and oxygen atoms in total. The van der Waals surface area contributed by atoms with Crippen molar-refractivity contribution in [1.82, 2.24) is 10.2 Å². The number of sulfone groups is 1. The van der Waals surface area contributed by atoms with Crippen LogP contribution in [-0.2, 0) is 21.1 Å². The largest absolute Gasteiger partial charge is 0.301 e. The number of benzene rings is 1. The molecule has 150 valence electrons. The third-order valence-electron chi connectivity index (χ3n) is 6.01. The number of nitrogens with zero attached hydrogens (tertiary/aromatic N) is 2. The zero-order valence-electron chi connectivity index (χ0n) is 15.9. The average molecular weight is 420 g/mol. The van der Waals surface area contributed by atoms with E-state index in [1.807, 2.05) is 6.92 Å². The van der Waals surface area contributed by atoms with E-state index in [1.165, 1.54) is 37.0 Å². The highest BCUT2D eigenvalue weighted by Crippen LogP contribution is 2.49. The van der Waals surface area contributed by atoms with Gasteiger partial charge in [0.2, 0.25) is 11.0 Å². The minimum absolute atomic E-state index is 0.00692. The predicted molar refractivity (Wildman–Crippen MR) is 109 cm³/mol. The summed E-state index contributed by atoms with van der Waals surface area (Å²) in [6, 6.07) is 6.85. The number of carbonyl (C=O) groups is 1. The van der Waals surface area contributed by atoms with Crippen molar-refractivity contribution in [2.75, 3.05) is 11.1 Å². The smallest absolute Gasteiger partial charge is 0.226 e. The van der Waals surface area contributed by atoms with Crippen LogP contribution >= 0.6 is 11.3 Å². The van der Waals surface area contributed by atoms with Gasteiger partial charge in [0.25, 0.3) is 0 Å². The number of fused-ring (bicyclic) bond motifs is 2. The minimum Gasteiger partial charge on any atom is -0.301 e. The minimum atomic E-state index is -3.36. The number of anilines is 1. The van der Waals surface area contributed by atoms with Crippen molar-refractivity contribution >= 4 is 32.2 Å². The Hall–Kier alpha value is -1.80. The summed E-state index contributed by atoms with van der Waals surface area (Å²) >= 11 is 1.25. The van der Waals surface area contributed by atoms with Crippen molar-refractivity contribution in [3.8, 4) is 0 Å². The van der Waals surface area contributed by atoms with E-state index < -0.39 is 9.84 Å². The molecular weight excluding hydrogens is 394 g/mol. The van der Waals surface area contributed by atoms with Crippen LogP contribution in [0.2, 0.25) is 0 Å². The number of hydrogen-bond donors (Lipinski definition) is 1. The molecule has 0 unspecified atom stereocenters. The standard InChI is InChI=1S/C20H25N3O3S2/c1-13-2-6-17(7-3-13)28(25,26)9-8-19-22-23-20(27-19)21-18(24)12-16-11-14-4-5-15(16)10-14/h2-3,6-7,14-16H,4-5,8-12H2,1H3,(H,21,23,24)/t14-,15+,16-/m1/s1. The monoisotopic (exact) mass is 419 g/mol. The first kappa shape index (κ1) is 19.5. The maximum Gasteiger partial charge on any atom is 0.226 e. The van der Waals surface area contributed by atoms with E-state index in [4.69, 9.17) is 0 Å². The molecule has 2 aliphatic rings. The molecule has 2 aromatic rings. The molecule has 28 heavy (non-hydrogen) atoms. The molecule has 0 aliphatic heterocycles. The number of aryl methyl sites for hydroxylation is 2. The maximum atomic E-state index is 12.4. The van der Waals surface area contributed by atoms with E-state index in [0.717, 1.165) is 11.5 Å². The van der Waals surface area contributed by atoms with Crippen molar-refractivity contribution in [1.29, 1.82) is 0 Å². The summed E-state index contributed by atoms with van der Waals surface area (Å²) in [7, 11) is -3.36. The van der Waals surface area contributed by atoms with Crippen LogP contribution in [0, 0.1) is 24.7 Å². The second kappa shape index (κ2) is 7.91. The topological polar surface area (TPSA) is 89.0 Å². The summed E-state index contributed by atoms with van der Waals surface area (Å²) < 4.78 is 24.9. The Balaban J connectivity index is 1.29. The first-order valence-corrected chi connectivity index (χ1v) is 12.3. The second-order valence-electron chi connectivity index (χ2n) is 8.07. The first-order chi connectivity index (χ1) is 13.4. The average Bonchev–Trinajstić information content (AvgIpc) is 3.37. The number of nitrogens with one attached hydrogen (secondary N) is 1. The van der Waals surface area contributed by atoms with Gasteiger partial charge in [0.05, 0.1) is 10.6 Å². The molecule has 1 N–H and O–H groups in total. The van der Waals surface area contributed by atoms with Crippen LogP contribution in [0.3, 0.4) is 0 Å². The quantitative estimate of drug-likeness (QED) is 0.740. The third kappa shape index (κ3) is 4.43. The summed E-state index contributed by atoms with van der Waals surface area (Å²) in [5.74, 6) is 2.02. The van der Waals surface area contributed by atoms with E-state index in [0.29, 0.717) is 33.3 Å². The highest BCUT2D eigenvalue weighted by atomic mass is 32.2. The van der Waals surface area contributed by atoms with Gasteiger partial charge in [-0.2, -0.15) is 0 Å². The van der Waals surface area contributed by atoms with Gasteiger partial charge >= 0.3 is 0 Å². The maximum absolute atomic E-state index is 12.4. The van der Waals surface area contributed by atoms with Gasteiger partial charge in [0.1, 0.15) is 5.01 Å². The molecule has 3 atom stereocenters. The molecule has 0 radical (unpaired) electrons. The Morgan fingerprint density at radius 2 is 1.96 bits per heavy atom. The summed E-state index contributed by atoms with van der Waals surface area (Å²) in [6.45, 7) is 1.92. The number of amides is 1. The van der Waals surface area contributed by atoms with E-state index in [1.54, 1.807) is 24.3 Å². The van der Waals surface area contributed by atoms with Crippen LogP contribution in [0.15, 0.2) is 29.2 Å². The third-order valence-corrected chi connectivity index (χ3v) is 8.64. The van der Waals surface area contributed by atoms with E-state index in [2.05, 4.69) is 15.5 Å². The van der Waals surface area contributed by atoms with Gasteiger partial charge in [-0.3, -0.25) is 4.79 Å². The molecule has 8 heteroatoms. The predicted octanol–water partition coefficient (Wildman–Crippen LogP) is 3.63. The zero-order valence-corrected chi connectivity index (χ0v) is 17.6. The number of hydrogen-bond acceptors (Lipinski definition) is 6. The van der Waals surface area contributed by atoms with Gasteiger partial charge < -0.3 is 5.32 Å². The lowest BCUT2D eigenvalue weighted by Gasteiger charge is -2.20. The molecule has 0 saturated heterocycles. The number of aromatic nitrogens is 2. The van der Waals surface area contributed by atoms with Gasteiger partial charge in [-0.25, -0.2) is 8.42 Å². The zero-order chi connectivity index (χ0) is 19.7. The summed E-state index contributed by atoms with van der Waals surface area (Å²) in [5.41, 5.74) is 1.02. The summed E-state index contributed by atoms with van der Waals surface area (Å²) in [6.07, 6.45) is 5.90. The molecular formula is C20H25N3O3S2. The highest BCUT2D eigenvalue weighted by molar-refractivity contribution is 7.91. The van der Waals surface area contributed by atoms with Gasteiger partial charge in [-0.15, -0.1) is 10.2 Å². The van der Waals surface area contributed by atoms with Crippen molar-refractivity contribution in [3.63, 3.8) is 0 Å². The Bertz CT molecular complexity index is 953. The summed E-state index contributed by atoms with van der Waals surface area (Å²) in [5, 5.41) is 12.0. The molecule has 2 fully saturated rings. The fourth-order valence-electron chi connectivity index (χ4n) is 4.53. The normalized spacial score (nSPS) is 23.8. The van der Waals surface area contributed by atoms with Gasteiger partial charge in [-0.1, -0.05) is 35.5 Å². The van der Waals surface area contributed by atoms with Crippen LogP contribution in [0.25, 0.3) is 0 Å². The molecule has 4 rings (SSSR count). The molecule has 1 aromatic carbocycles. The first-order valence-electron chi connectivity index (χ1n) is 9.81. The second-order valence-corrected chi connectivity index (χ2v) is 11.2. The molecule has 2 saturated carbocycles. The molecule has 2 bridgehead atoms. The van der Waals surface area contributed by atoms with Crippen LogP contribution < -0.4 is 5.32 Å². The highest BCUT2D eigenvalue weighted by Gasteiger charge is 2.40. The molecule has 0 spiro atoms. The molecule has 1 amide bonds. The van der Waals surface area contributed by atoms with Crippen molar-refractivity contribution in [3.05, 3.63) is 34.8 Å². The molecule has 2 aliphatic carbocycles. The van der Waals surface area contributed by atoms with Gasteiger partial charge in [0.15, 0.2) is 9.84 Å². The van der Waals surface area contributed by atoms with Crippen LogP contribution in [0.1, 0.15) is 42.7 Å². The van der Waals surface area contributed by atoms with Crippen LogP contribution in [-0.4, -0.2) is 30.3 Å². The Labute approximate surface area is 169 Å². The Kier molecular flexibility index (Phi) is 5.51. The lowest BCUT2D eigenvalue weighted by molar-refractivity contribution is -0.117. The van der Waals surface area contributed by atoms with Crippen LogP contribution in [0.5, 0.6) is 0 Å². The Morgan fingerprint density at radius 3 is 2.64 bits per heavy atom. The number of rotatable bonds is 7. The van der Waals surface area contributed by atoms with Gasteiger partial charge in [0, 0.05) is 12.8 Å². The molecule has 1 aromatic heterocycles. The van der Waals surface area contributed by atoms with Gasteiger partial charge in [-0.05, 0) is 56.1 Å². The summed E-state index contributed by atoms with van der Waals surface area (Å²) in [4.78, 5) is 12.6.